The summed E-state index contributed by atoms with van der Waals surface area (Å²) >= 11 is 0. The van der Waals surface area contributed by atoms with Crippen LogP contribution < -0.4 is 5.32 Å². The molecular weight excluding hydrogens is 170 g/mol. The Balaban J connectivity index is 1.82. The number of hydrogen-bond donors (Lipinski definition) is 3. The molecule has 0 amide bonds. The number of nitrogens with one attached hydrogen (secondary N) is 1. The molecule has 76 valence electrons. The van der Waals surface area contributed by atoms with Gasteiger partial charge in [-0.1, -0.05) is 0 Å². The van der Waals surface area contributed by atoms with Crippen LogP contribution in [-0.2, 0) is 4.79 Å². The number of rotatable bonds is 6. The van der Waals surface area contributed by atoms with Crippen molar-refractivity contribution in [1.29, 1.82) is 0 Å². The van der Waals surface area contributed by atoms with Crippen LogP contribution in [0.25, 0.3) is 0 Å². The number of aliphatic hydroxyl groups is 1. The van der Waals surface area contributed by atoms with Crippen molar-refractivity contribution < 1.29 is 15.0 Å². The predicted molar refractivity (Wildman–Crippen MR) is 48.5 cm³/mol. The second-order valence-corrected chi connectivity index (χ2v) is 3.69. The van der Waals surface area contributed by atoms with E-state index < -0.39 is 5.97 Å². The van der Waals surface area contributed by atoms with Gasteiger partial charge in [0.25, 0.3) is 0 Å². The summed E-state index contributed by atoms with van der Waals surface area (Å²) < 4.78 is 0. The fourth-order valence-electron chi connectivity index (χ4n) is 1.54. The number of aliphatic carboxylic acids is 1. The molecule has 13 heavy (non-hydrogen) atoms. The molecule has 3 N–H and O–H groups in total. The van der Waals surface area contributed by atoms with Gasteiger partial charge >= 0.3 is 5.97 Å². The van der Waals surface area contributed by atoms with Crippen molar-refractivity contribution >= 4 is 5.97 Å². The molecule has 0 heterocycles. The van der Waals surface area contributed by atoms with Crippen LogP contribution in [0.2, 0.25) is 0 Å². The van der Waals surface area contributed by atoms with E-state index in [0.29, 0.717) is 12.3 Å². The number of carboxylic acid groups (broad SMARTS) is 1. The Bertz CT molecular complexity index is 166. The first-order valence-electron chi connectivity index (χ1n) is 4.79. The fourth-order valence-corrected chi connectivity index (χ4v) is 1.54. The second kappa shape index (κ2) is 5.19. The lowest BCUT2D eigenvalue weighted by Gasteiger charge is -2.31. The van der Waals surface area contributed by atoms with Gasteiger partial charge in [-0.25, -0.2) is 0 Å². The lowest BCUT2D eigenvalue weighted by atomic mass is 9.82. The summed E-state index contributed by atoms with van der Waals surface area (Å²) in [5, 5.41) is 20.5. The van der Waals surface area contributed by atoms with Crippen molar-refractivity contribution in [2.75, 3.05) is 13.1 Å². The van der Waals surface area contributed by atoms with E-state index in [0.717, 1.165) is 25.9 Å². The Morgan fingerprint density at radius 3 is 2.69 bits per heavy atom. The molecular formula is C9H17NO3. The van der Waals surface area contributed by atoms with E-state index in [1.54, 1.807) is 0 Å². The van der Waals surface area contributed by atoms with Gasteiger partial charge in [0.2, 0.25) is 0 Å². The molecule has 1 saturated carbocycles. The quantitative estimate of drug-likeness (QED) is 0.520. The molecule has 0 saturated heterocycles. The molecule has 0 aromatic heterocycles. The molecule has 4 nitrogen and oxygen atoms in total. The molecule has 1 fully saturated rings. The predicted octanol–water partition coefficient (Wildman–Crippen LogP) is 0.212. The summed E-state index contributed by atoms with van der Waals surface area (Å²) in [6, 6.07) is 0. The number of hydrogen-bond acceptors (Lipinski definition) is 3. The summed E-state index contributed by atoms with van der Waals surface area (Å²) in [4.78, 5) is 10.1. The highest BCUT2D eigenvalue weighted by atomic mass is 16.4. The summed E-state index contributed by atoms with van der Waals surface area (Å²) in [5.41, 5.74) is 0. The smallest absolute Gasteiger partial charge is 0.303 e. The Labute approximate surface area is 78.0 Å². The van der Waals surface area contributed by atoms with E-state index in [2.05, 4.69) is 5.32 Å². The van der Waals surface area contributed by atoms with Crippen molar-refractivity contribution in [2.24, 2.45) is 5.92 Å². The highest BCUT2D eigenvalue weighted by Crippen LogP contribution is 2.25. The minimum absolute atomic E-state index is 0.0918. The topological polar surface area (TPSA) is 69.6 Å². The molecule has 0 radical (unpaired) electrons. The van der Waals surface area contributed by atoms with Crippen LogP contribution in [0.5, 0.6) is 0 Å². The maximum absolute atomic E-state index is 10.1. The average molecular weight is 187 g/mol. The standard InChI is InChI=1S/C9H17NO3/c11-8-4-7(5-8)6-10-3-1-2-9(12)13/h7-8,10-11H,1-6H2,(H,12,13). The van der Waals surface area contributed by atoms with Gasteiger partial charge in [-0.2, -0.15) is 0 Å². The molecule has 0 unspecified atom stereocenters. The zero-order chi connectivity index (χ0) is 9.68. The SMILES string of the molecule is O=C(O)CCCNCC1CC(O)C1. The Hall–Kier alpha value is -0.610. The Kier molecular flexibility index (Phi) is 4.18. The van der Waals surface area contributed by atoms with Crippen LogP contribution in [0, 0.1) is 5.92 Å². The maximum Gasteiger partial charge on any atom is 0.303 e. The van der Waals surface area contributed by atoms with E-state index in [1.807, 2.05) is 0 Å². The minimum Gasteiger partial charge on any atom is -0.481 e. The van der Waals surface area contributed by atoms with Crippen LogP contribution in [0.15, 0.2) is 0 Å². The van der Waals surface area contributed by atoms with Gasteiger partial charge in [-0.05, 0) is 38.3 Å². The molecule has 0 aromatic rings. The molecule has 1 rings (SSSR count). The van der Waals surface area contributed by atoms with Gasteiger partial charge in [0.1, 0.15) is 0 Å². The Morgan fingerprint density at radius 2 is 2.15 bits per heavy atom. The largest absolute Gasteiger partial charge is 0.481 e. The molecule has 4 heteroatoms. The first kappa shape index (κ1) is 10.5. The van der Waals surface area contributed by atoms with Crippen LogP contribution in [-0.4, -0.2) is 35.4 Å². The first-order valence-corrected chi connectivity index (χ1v) is 4.79. The molecule has 0 aromatic carbocycles. The van der Waals surface area contributed by atoms with Gasteiger partial charge in [0.15, 0.2) is 0 Å². The van der Waals surface area contributed by atoms with E-state index >= 15 is 0 Å². The van der Waals surface area contributed by atoms with Crippen LogP contribution in [0.4, 0.5) is 0 Å². The zero-order valence-corrected chi connectivity index (χ0v) is 7.70. The molecule has 0 bridgehead atoms. The van der Waals surface area contributed by atoms with Gasteiger partial charge in [-0.15, -0.1) is 0 Å². The summed E-state index contributed by atoms with van der Waals surface area (Å²) in [6.45, 7) is 1.68. The van der Waals surface area contributed by atoms with E-state index in [4.69, 9.17) is 10.2 Å². The normalized spacial score (nSPS) is 26.8. The highest BCUT2D eigenvalue weighted by molar-refractivity contribution is 5.66. The number of aliphatic hydroxyl groups excluding tert-OH is 1. The van der Waals surface area contributed by atoms with Gasteiger partial charge < -0.3 is 15.5 Å². The zero-order valence-electron chi connectivity index (χ0n) is 7.70. The summed E-state index contributed by atoms with van der Waals surface area (Å²) in [5.74, 6) is -0.138. The van der Waals surface area contributed by atoms with Crippen molar-refractivity contribution in [3.8, 4) is 0 Å². The Morgan fingerprint density at radius 1 is 1.46 bits per heavy atom. The maximum atomic E-state index is 10.1. The fraction of sp³-hybridized carbons (Fsp3) is 0.889. The second-order valence-electron chi connectivity index (χ2n) is 3.69. The molecule has 0 atom stereocenters. The number of carboxylic acids is 1. The van der Waals surface area contributed by atoms with Crippen molar-refractivity contribution in [3.05, 3.63) is 0 Å². The minimum atomic E-state index is -0.735. The van der Waals surface area contributed by atoms with E-state index in [9.17, 15) is 4.79 Å². The number of carbonyl (C=O) groups is 1. The lowest BCUT2D eigenvalue weighted by Crippen LogP contribution is -2.36. The van der Waals surface area contributed by atoms with E-state index in [-0.39, 0.29) is 12.5 Å². The molecule has 1 aliphatic rings. The first-order chi connectivity index (χ1) is 6.18. The molecule has 1 aliphatic carbocycles. The molecule has 0 spiro atoms. The van der Waals surface area contributed by atoms with Crippen LogP contribution in [0.3, 0.4) is 0 Å². The molecule has 0 aliphatic heterocycles. The van der Waals surface area contributed by atoms with Gasteiger partial charge in [0, 0.05) is 6.42 Å². The third-order valence-corrected chi connectivity index (χ3v) is 2.39. The monoisotopic (exact) mass is 187 g/mol. The van der Waals surface area contributed by atoms with Crippen LogP contribution >= 0.6 is 0 Å². The van der Waals surface area contributed by atoms with Gasteiger partial charge in [0.05, 0.1) is 6.10 Å². The summed E-state index contributed by atoms with van der Waals surface area (Å²) in [7, 11) is 0. The van der Waals surface area contributed by atoms with Crippen molar-refractivity contribution in [3.63, 3.8) is 0 Å². The van der Waals surface area contributed by atoms with Gasteiger partial charge in [-0.3, -0.25) is 4.79 Å². The summed E-state index contributed by atoms with van der Waals surface area (Å²) in [6.07, 6.45) is 2.62. The third-order valence-electron chi connectivity index (χ3n) is 2.39. The van der Waals surface area contributed by atoms with Crippen LogP contribution in [0.1, 0.15) is 25.7 Å². The van der Waals surface area contributed by atoms with E-state index in [1.165, 1.54) is 0 Å². The van der Waals surface area contributed by atoms with Crippen molar-refractivity contribution in [1.82, 2.24) is 5.32 Å². The highest BCUT2D eigenvalue weighted by Gasteiger charge is 2.26. The third kappa shape index (κ3) is 4.24. The average Bonchev–Trinajstić information content (AvgIpc) is 1.99. The lowest BCUT2D eigenvalue weighted by molar-refractivity contribution is -0.137. The van der Waals surface area contributed by atoms with Crippen molar-refractivity contribution in [2.45, 2.75) is 31.8 Å².